The van der Waals surface area contributed by atoms with Crippen LogP contribution in [0.25, 0.3) is 0 Å². The Labute approximate surface area is 214 Å². The first-order valence-electron chi connectivity index (χ1n) is 13.0. The predicted octanol–water partition coefficient (Wildman–Crippen LogP) is 4.78. The molecule has 0 aromatic heterocycles. The van der Waals surface area contributed by atoms with Crippen LogP contribution in [-0.4, -0.2) is 97.1 Å². The lowest BCUT2D eigenvalue weighted by molar-refractivity contribution is -0.0237. The summed E-state index contributed by atoms with van der Waals surface area (Å²) >= 11 is 0. The zero-order valence-corrected chi connectivity index (χ0v) is 22.4. The molecule has 0 radical (unpaired) electrons. The van der Waals surface area contributed by atoms with Crippen molar-refractivity contribution < 1.29 is 38.1 Å². The first-order chi connectivity index (χ1) is 17.4. The van der Waals surface area contributed by atoms with Crippen LogP contribution in [-0.2, 0) is 18.9 Å². The standard InChI is InChI=1S/C24H44N4O8/c1-5-9-13-33-21(29)25-17-26(22(30)34-14-10-6-2)19-28(24(32)36-16-12-8-4)20-27(18-25)23(31)35-15-11-7-3/h5-20H2,1-4H3. The third-order valence-corrected chi connectivity index (χ3v) is 5.29. The highest BCUT2D eigenvalue weighted by Gasteiger charge is 2.34. The summed E-state index contributed by atoms with van der Waals surface area (Å²) in [5, 5.41) is 0. The van der Waals surface area contributed by atoms with E-state index in [1.165, 1.54) is 19.6 Å². The van der Waals surface area contributed by atoms with Crippen molar-refractivity contribution in [3.63, 3.8) is 0 Å². The van der Waals surface area contributed by atoms with Crippen molar-refractivity contribution >= 4 is 24.4 Å². The number of nitrogens with zero attached hydrogens (tertiary/aromatic N) is 4. The van der Waals surface area contributed by atoms with Gasteiger partial charge in [-0.25, -0.2) is 19.2 Å². The van der Waals surface area contributed by atoms with Gasteiger partial charge in [0.1, 0.15) is 26.7 Å². The molecule has 12 heteroatoms. The lowest BCUT2D eigenvalue weighted by Gasteiger charge is -2.40. The smallest absolute Gasteiger partial charge is 0.412 e. The molecule has 0 aromatic rings. The van der Waals surface area contributed by atoms with Gasteiger partial charge >= 0.3 is 24.4 Å². The molecule has 4 amide bonds. The summed E-state index contributed by atoms with van der Waals surface area (Å²) in [5.74, 6) is 0. The Morgan fingerprint density at radius 2 is 0.639 bits per heavy atom. The Balaban J connectivity index is 3.14. The molecule has 1 aliphatic heterocycles. The van der Waals surface area contributed by atoms with Crippen molar-refractivity contribution in [2.75, 3.05) is 53.1 Å². The molecule has 0 N–H and O–H groups in total. The lowest BCUT2D eigenvalue weighted by Crippen LogP contribution is -2.59. The molecule has 12 nitrogen and oxygen atoms in total. The van der Waals surface area contributed by atoms with Crippen LogP contribution in [0.3, 0.4) is 0 Å². The number of hydrogen-bond donors (Lipinski definition) is 0. The van der Waals surface area contributed by atoms with Crippen molar-refractivity contribution in [2.24, 2.45) is 0 Å². The molecule has 1 saturated heterocycles. The molecule has 208 valence electrons. The van der Waals surface area contributed by atoms with Gasteiger partial charge in [-0.2, -0.15) is 0 Å². The Bertz CT molecular complexity index is 559. The quantitative estimate of drug-likeness (QED) is 0.268. The van der Waals surface area contributed by atoms with Crippen molar-refractivity contribution in [3.05, 3.63) is 0 Å². The second-order valence-electron chi connectivity index (χ2n) is 8.60. The summed E-state index contributed by atoms with van der Waals surface area (Å²) in [4.78, 5) is 56.2. The predicted molar refractivity (Wildman–Crippen MR) is 132 cm³/mol. The number of hydrogen-bond acceptors (Lipinski definition) is 8. The molecule has 0 aliphatic carbocycles. The molecule has 1 heterocycles. The average molecular weight is 517 g/mol. The van der Waals surface area contributed by atoms with E-state index in [4.69, 9.17) is 18.9 Å². The van der Waals surface area contributed by atoms with E-state index in [-0.39, 0.29) is 53.1 Å². The second kappa shape index (κ2) is 18.4. The van der Waals surface area contributed by atoms with E-state index in [1.54, 1.807) is 0 Å². The van der Waals surface area contributed by atoms with Gasteiger partial charge in [-0.15, -0.1) is 0 Å². The van der Waals surface area contributed by atoms with E-state index in [9.17, 15) is 19.2 Å². The van der Waals surface area contributed by atoms with Crippen LogP contribution in [0.1, 0.15) is 79.1 Å². The maximum atomic E-state index is 12.8. The van der Waals surface area contributed by atoms with E-state index in [0.717, 1.165) is 25.7 Å². The number of ether oxygens (including phenoxy) is 4. The molecule has 0 spiro atoms. The summed E-state index contributed by atoms with van der Waals surface area (Å²) in [6, 6.07) is 0. The van der Waals surface area contributed by atoms with Crippen molar-refractivity contribution in [1.82, 2.24) is 19.6 Å². The molecule has 1 rings (SSSR count). The van der Waals surface area contributed by atoms with E-state index in [1.807, 2.05) is 27.7 Å². The third-order valence-electron chi connectivity index (χ3n) is 5.29. The first kappa shape index (κ1) is 31.1. The van der Waals surface area contributed by atoms with Gasteiger partial charge in [0.25, 0.3) is 0 Å². The number of rotatable bonds is 12. The van der Waals surface area contributed by atoms with Gasteiger partial charge in [0.05, 0.1) is 26.4 Å². The van der Waals surface area contributed by atoms with Crippen LogP contribution in [0, 0.1) is 0 Å². The van der Waals surface area contributed by atoms with Gasteiger partial charge in [-0.3, -0.25) is 19.6 Å². The fourth-order valence-electron chi connectivity index (χ4n) is 3.05. The van der Waals surface area contributed by atoms with E-state index in [2.05, 4.69) is 0 Å². The van der Waals surface area contributed by atoms with Crippen LogP contribution < -0.4 is 0 Å². The normalized spacial score (nSPS) is 14.1. The van der Waals surface area contributed by atoms with Crippen molar-refractivity contribution in [3.8, 4) is 0 Å². The Kier molecular flexibility index (Phi) is 15.9. The molecule has 0 atom stereocenters. The summed E-state index contributed by atoms with van der Waals surface area (Å²) in [5.41, 5.74) is 0. The first-order valence-corrected chi connectivity index (χ1v) is 13.0. The van der Waals surface area contributed by atoms with E-state index < -0.39 is 24.4 Å². The molecular weight excluding hydrogens is 472 g/mol. The van der Waals surface area contributed by atoms with E-state index >= 15 is 0 Å². The maximum absolute atomic E-state index is 12.8. The fourth-order valence-corrected chi connectivity index (χ4v) is 3.05. The maximum Gasteiger partial charge on any atom is 0.412 e. The molecular formula is C24H44N4O8. The molecule has 1 aliphatic rings. The minimum Gasteiger partial charge on any atom is -0.449 e. The zero-order valence-electron chi connectivity index (χ0n) is 22.4. The average Bonchev–Trinajstić information content (AvgIpc) is 2.84. The molecule has 36 heavy (non-hydrogen) atoms. The highest BCUT2D eigenvalue weighted by atomic mass is 16.6. The van der Waals surface area contributed by atoms with Gasteiger partial charge < -0.3 is 18.9 Å². The van der Waals surface area contributed by atoms with Crippen LogP contribution in [0.2, 0.25) is 0 Å². The Morgan fingerprint density at radius 1 is 0.444 bits per heavy atom. The zero-order chi connectivity index (χ0) is 26.8. The number of amides is 4. The summed E-state index contributed by atoms with van der Waals surface area (Å²) in [6.07, 6.45) is 3.38. The minimum atomic E-state index is -0.680. The van der Waals surface area contributed by atoms with Crippen LogP contribution in [0.4, 0.5) is 19.2 Å². The second-order valence-corrected chi connectivity index (χ2v) is 8.60. The lowest BCUT2D eigenvalue weighted by atomic mass is 10.4. The summed E-state index contributed by atoms with van der Waals surface area (Å²) in [7, 11) is 0. The summed E-state index contributed by atoms with van der Waals surface area (Å²) < 4.78 is 21.3. The van der Waals surface area contributed by atoms with Gasteiger partial charge in [-0.05, 0) is 25.7 Å². The molecule has 0 aromatic carbocycles. The van der Waals surface area contributed by atoms with Crippen molar-refractivity contribution in [1.29, 1.82) is 0 Å². The van der Waals surface area contributed by atoms with Gasteiger partial charge in [0, 0.05) is 0 Å². The SMILES string of the molecule is CCCCOC(=O)N1CN(C(=O)OCCCC)CN(C(=O)OCCCC)CN(C(=O)OCCCC)C1. The van der Waals surface area contributed by atoms with Gasteiger partial charge in [-0.1, -0.05) is 53.4 Å². The third kappa shape index (κ3) is 11.7. The van der Waals surface area contributed by atoms with Crippen molar-refractivity contribution in [2.45, 2.75) is 79.1 Å². The van der Waals surface area contributed by atoms with E-state index in [0.29, 0.717) is 25.7 Å². The molecule has 0 bridgehead atoms. The fraction of sp³-hybridized carbons (Fsp3) is 0.833. The van der Waals surface area contributed by atoms with Crippen LogP contribution in [0.15, 0.2) is 0 Å². The molecule has 1 fully saturated rings. The minimum absolute atomic E-state index is 0.212. The number of carbonyl (C=O) groups is 4. The molecule has 0 saturated carbocycles. The number of carbonyl (C=O) groups excluding carboxylic acids is 4. The monoisotopic (exact) mass is 516 g/mol. The largest absolute Gasteiger partial charge is 0.449 e. The van der Waals surface area contributed by atoms with Gasteiger partial charge in [0.2, 0.25) is 0 Å². The van der Waals surface area contributed by atoms with Crippen LogP contribution >= 0.6 is 0 Å². The van der Waals surface area contributed by atoms with Gasteiger partial charge in [0.15, 0.2) is 0 Å². The number of unbranched alkanes of at least 4 members (excludes halogenated alkanes) is 4. The molecule has 0 unspecified atom stereocenters. The Morgan fingerprint density at radius 3 is 0.806 bits per heavy atom. The highest BCUT2D eigenvalue weighted by molar-refractivity contribution is 5.74. The van der Waals surface area contributed by atoms with Crippen LogP contribution in [0.5, 0.6) is 0 Å². The Hall–Kier alpha value is -2.92. The topological polar surface area (TPSA) is 118 Å². The highest BCUT2D eigenvalue weighted by Crippen LogP contribution is 2.13. The summed E-state index contributed by atoms with van der Waals surface area (Å²) in [6.45, 7) is 7.77.